The molecule has 3 nitrogen and oxygen atoms in total. The molecule has 1 heterocycles. The Morgan fingerprint density at radius 2 is 1.87 bits per heavy atom. The van der Waals surface area contributed by atoms with E-state index in [1.807, 2.05) is 24.3 Å². The maximum Gasteiger partial charge on any atom is 0.239 e. The first-order valence-corrected chi connectivity index (χ1v) is 7.57. The molecule has 0 bridgehead atoms. The van der Waals surface area contributed by atoms with Crippen LogP contribution >= 0.6 is 0 Å². The Hall–Kier alpha value is -2.27. The number of likely N-dealkylation sites (N-methyl/N-ethyl adjacent to an activating group) is 1. The van der Waals surface area contributed by atoms with Crippen molar-refractivity contribution in [1.29, 1.82) is 0 Å². The maximum atomic E-state index is 13.5. The fourth-order valence-electron chi connectivity index (χ4n) is 2.94. The fourth-order valence-corrected chi connectivity index (χ4v) is 2.94. The summed E-state index contributed by atoms with van der Waals surface area (Å²) in [5.41, 5.74) is 2.11. The average Bonchev–Trinajstić information content (AvgIpc) is 2.51. The van der Waals surface area contributed by atoms with Crippen molar-refractivity contribution in [1.82, 2.24) is 10.2 Å². The van der Waals surface area contributed by atoms with Gasteiger partial charge < -0.3 is 10.2 Å². The van der Waals surface area contributed by atoms with Crippen molar-refractivity contribution in [3.8, 4) is 11.1 Å². The average molecular weight is 316 g/mol. The van der Waals surface area contributed by atoms with E-state index in [0.29, 0.717) is 18.5 Å². The molecule has 0 radical (unpaired) electrons. The van der Waals surface area contributed by atoms with Gasteiger partial charge in [0.15, 0.2) is 0 Å². The quantitative estimate of drug-likeness (QED) is 0.944. The van der Waals surface area contributed by atoms with E-state index in [1.165, 1.54) is 12.1 Å². The smallest absolute Gasteiger partial charge is 0.239 e. The third-order valence-corrected chi connectivity index (χ3v) is 4.13. The van der Waals surface area contributed by atoms with Gasteiger partial charge in [0.2, 0.25) is 5.91 Å². The number of nitrogens with zero attached hydrogens (tertiary/aromatic N) is 1. The van der Waals surface area contributed by atoms with E-state index < -0.39 is 11.6 Å². The molecule has 2 aromatic carbocycles. The Morgan fingerprint density at radius 1 is 1.17 bits per heavy atom. The molecule has 5 heteroatoms. The number of hydrogen-bond donors (Lipinski definition) is 1. The van der Waals surface area contributed by atoms with Crippen LogP contribution in [0.2, 0.25) is 0 Å². The van der Waals surface area contributed by atoms with E-state index in [9.17, 15) is 13.6 Å². The van der Waals surface area contributed by atoms with Gasteiger partial charge in [0.1, 0.15) is 11.6 Å². The molecule has 23 heavy (non-hydrogen) atoms. The number of nitrogens with one attached hydrogen (secondary N) is 1. The van der Waals surface area contributed by atoms with Crippen LogP contribution in [0, 0.1) is 11.6 Å². The first-order chi connectivity index (χ1) is 11.0. The van der Waals surface area contributed by atoms with Crippen LogP contribution in [0.5, 0.6) is 0 Å². The van der Waals surface area contributed by atoms with Crippen LogP contribution in [0.25, 0.3) is 11.1 Å². The van der Waals surface area contributed by atoms with Gasteiger partial charge in [0.25, 0.3) is 0 Å². The molecule has 0 aromatic heterocycles. The van der Waals surface area contributed by atoms with E-state index in [-0.39, 0.29) is 11.9 Å². The van der Waals surface area contributed by atoms with E-state index >= 15 is 0 Å². The standard InChI is InChI=1S/C18H18F2N2O/c1-22-7-6-21-17(18(22)23)10-12-4-2-3-5-16(12)13-8-14(19)11-15(20)9-13/h2-5,8-9,11,17,21H,6-7,10H2,1H3/t17-/m0/s1. The topological polar surface area (TPSA) is 32.3 Å². The Morgan fingerprint density at radius 3 is 2.61 bits per heavy atom. The SMILES string of the molecule is CN1CCN[C@@H](Cc2ccccc2-c2cc(F)cc(F)c2)C1=O. The lowest BCUT2D eigenvalue weighted by Gasteiger charge is -2.30. The molecule has 2 aromatic rings. The minimum atomic E-state index is -0.610. The number of halogens is 2. The molecule has 1 amide bonds. The van der Waals surface area contributed by atoms with Gasteiger partial charge in [-0.2, -0.15) is 0 Å². The predicted molar refractivity (Wildman–Crippen MR) is 84.9 cm³/mol. The van der Waals surface area contributed by atoms with Crippen LogP contribution < -0.4 is 5.32 Å². The van der Waals surface area contributed by atoms with Gasteiger partial charge in [-0.05, 0) is 35.2 Å². The van der Waals surface area contributed by atoms with E-state index in [4.69, 9.17) is 0 Å². The van der Waals surface area contributed by atoms with Crippen molar-refractivity contribution in [2.24, 2.45) is 0 Å². The number of amides is 1. The summed E-state index contributed by atoms with van der Waals surface area (Å²) in [7, 11) is 1.78. The largest absolute Gasteiger partial charge is 0.343 e. The molecule has 0 spiro atoms. The second-order valence-corrected chi connectivity index (χ2v) is 5.79. The molecule has 1 fully saturated rings. The summed E-state index contributed by atoms with van der Waals surface area (Å²) in [4.78, 5) is 13.9. The first kappa shape index (κ1) is 15.6. The molecule has 120 valence electrons. The highest BCUT2D eigenvalue weighted by Crippen LogP contribution is 2.26. The first-order valence-electron chi connectivity index (χ1n) is 7.57. The minimum Gasteiger partial charge on any atom is -0.343 e. The van der Waals surface area contributed by atoms with Crippen molar-refractivity contribution < 1.29 is 13.6 Å². The minimum absolute atomic E-state index is 0.0384. The summed E-state index contributed by atoms with van der Waals surface area (Å²) in [5, 5.41) is 3.21. The van der Waals surface area contributed by atoms with Crippen LogP contribution in [-0.2, 0) is 11.2 Å². The number of hydrogen-bond acceptors (Lipinski definition) is 2. The van der Waals surface area contributed by atoms with Crippen LogP contribution in [0.15, 0.2) is 42.5 Å². The summed E-state index contributed by atoms with van der Waals surface area (Å²) < 4.78 is 27.0. The molecule has 1 aliphatic rings. The zero-order chi connectivity index (χ0) is 16.4. The molecule has 0 saturated carbocycles. The number of carbonyl (C=O) groups excluding carboxylic acids is 1. The second-order valence-electron chi connectivity index (χ2n) is 5.79. The zero-order valence-corrected chi connectivity index (χ0v) is 12.9. The lowest BCUT2D eigenvalue weighted by molar-refractivity contribution is -0.134. The second kappa shape index (κ2) is 6.46. The van der Waals surface area contributed by atoms with Gasteiger partial charge in [0.05, 0.1) is 6.04 Å². The van der Waals surface area contributed by atoms with Crippen LogP contribution in [0.1, 0.15) is 5.56 Å². The number of benzene rings is 2. The normalized spacial score (nSPS) is 18.3. The summed E-state index contributed by atoms with van der Waals surface area (Å²) in [6, 6.07) is 10.6. The number of piperazine rings is 1. The van der Waals surface area contributed by atoms with Crippen LogP contribution in [-0.4, -0.2) is 37.0 Å². The van der Waals surface area contributed by atoms with Crippen molar-refractivity contribution in [2.75, 3.05) is 20.1 Å². The van der Waals surface area contributed by atoms with E-state index in [0.717, 1.165) is 23.7 Å². The molecule has 0 unspecified atom stereocenters. The molecule has 1 atom stereocenters. The van der Waals surface area contributed by atoms with Gasteiger partial charge in [-0.25, -0.2) is 8.78 Å². The zero-order valence-electron chi connectivity index (χ0n) is 12.9. The summed E-state index contributed by atoms with van der Waals surface area (Å²) in [6.45, 7) is 1.43. The van der Waals surface area contributed by atoms with Crippen LogP contribution in [0.4, 0.5) is 8.78 Å². The molecule has 0 aliphatic carbocycles. The van der Waals surface area contributed by atoms with Gasteiger partial charge in [0, 0.05) is 26.2 Å². The molecular weight excluding hydrogens is 298 g/mol. The summed E-state index contributed by atoms with van der Waals surface area (Å²) in [5.74, 6) is -1.18. The third kappa shape index (κ3) is 3.40. The highest BCUT2D eigenvalue weighted by molar-refractivity contribution is 5.83. The lowest BCUT2D eigenvalue weighted by Crippen LogP contribution is -2.54. The Kier molecular flexibility index (Phi) is 4.39. The molecule has 1 saturated heterocycles. The highest BCUT2D eigenvalue weighted by Gasteiger charge is 2.26. The molecule has 1 N–H and O–H groups in total. The molecule has 1 aliphatic heterocycles. The lowest BCUT2D eigenvalue weighted by atomic mass is 9.94. The predicted octanol–water partition coefficient (Wildman–Crippen LogP) is 2.60. The van der Waals surface area contributed by atoms with Crippen molar-refractivity contribution >= 4 is 5.91 Å². The van der Waals surface area contributed by atoms with E-state index in [1.54, 1.807) is 11.9 Å². The van der Waals surface area contributed by atoms with Crippen molar-refractivity contribution in [3.05, 3.63) is 59.7 Å². The van der Waals surface area contributed by atoms with Gasteiger partial charge in [-0.3, -0.25) is 4.79 Å². The monoisotopic (exact) mass is 316 g/mol. The van der Waals surface area contributed by atoms with Gasteiger partial charge in [-0.15, -0.1) is 0 Å². The van der Waals surface area contributed by atoms with Gasteiger partial charge >= 0.3 is 0 Å². The number of rotatable bonds is 3. The Bertz CT molecular complexity index is 712. The van der Waals surface area contributed by atoms with Crippen molar-refractivity contribution in [2.45, 2.75) is 12.5 Å². The fraction of sp³-hybridized carbons (Fsp3) is 0.278. The maximum absolute atomic E-state index is 13.5. The molecular formula is C18H18F2N2O. The van der Waals surface area contributed by atoms with Crippen LogP contribution in [0.3, 0.4) is 0 Å². The summed E-state index contributed by atoms with van der Waals surface area (Å²) in [6.07, 6.45) is 0.484. The number of carbonyl (C=O) groups is 1. The molecule has 3 rings (SSSR count). The third-order valence-electron chi connectivity index (χ3n) is 4.13. The Labute approximate surface area is 133 Å². The van der Waals surface area contributed by atoms with E-state index in [2.05, 4.69) is 5.32 Å². The van der Waals surface area contributed by atoms with Crippen molar-refractivity contribution in [3.63, 3.8) is 0 Å². The summed E-state index contributed by atoms with van der Waals surface area (Å²) >= 11 is 0. The highest BCUT2D eigenvalue weighted by atomic mass is 19.1. The van der Waals surface area contributed by atoms with Gasteiger partial charge in [-0.1, -0.05) is 24.3 Å². The Balaban J connectivity index is 1.93.